The molecule has 2 aromatic rings. The van der Waals surface area contributed by atoms with E-state index in [0.29, 0.717) is 0 Å². The molecular formula is C16H19BrOS. The predicted molar refractivity (Wildman–Crippen MR) is 86.0 cm³/mol. The molecule has 1 unspecified atom stereocenters. The number of rotatable bonds is 2. The summed E-state index contributed by atoms with van der Waals surface area (Å²) >= 11 is 5.13. The van der Waals surface area contributed by atoms with Crippen LogP contribution in [0.1, 0.15) is 48.4 Å². The molecule has 1 aromatic carbocycles. The predicted octanol–water partition coefficient (Wildman–Crippen LogP) is 5.20. The van der Waals surface area contributed by atoms with E-state index in [1.807, 2.05) is 25.1 Å². The lowest BCUT2D eigenvalue weighted by atomic mass is 9.82. The minimum absolute atomic E-state index is 0.0289. The molecule has 0 amide bonds. The molecule has 0 aliphatic rings. The van der Waals surface area contributed by atoms with Crippen molar-refractivity contribution in [2.75, 3.05) is 0 Å². The highest BCUT2D eigenvalue weighted by Crippen LogP contribution is 2.37. The molecule has 0 aliphatic carbocycles. The molecule has 0 fully saturated rings. The lowest BCUT2D eigenvalue weighted by Crippen LogP contribution is -2.16. The van der Waals surface area contributed by atoms with Crippen LogP contribution in [0.5, 0.6) is 0 Å². The van der Waals surface area contributed by atoms with Crippen LogP contribution in [-0.2, 0) is 5.41 Å². The maximum atomic E-state index is 10.7. The summed E-state index contributed by atoms with van der Waals surface area (Å²) in [7, 11) is 0. The smallest absolute Gasteiger partial charge is 0.114 e. The largest absolute Gasteiger partial charge is 0.383 e. The zero-order chi connectivity index (χ0) is 14.2. The minimum atomic E-state index is -0.551. The van der Waals surface area contributed by atoms with Crippen LogP contribution in [0.25, 0.3) is 0 Å². The van der Waals surface area contributed by atoms with E-state index in [4.69, 9.17) is 0 Å². The quantitative estimate of drug-likeness (QED) is 0.797. The number of halogens is 1. The number of aliphatic hydroxyl groups excluding tert-OH is 1. The molecule has 1 nitrogen and oxygen atoms in total. The lowest BCUT2D eigenvalue weighted by Gasteiger charge is -2.25. The molecule has 0 saturated carbocycles. The fourth-order valence-corrected chi connectivity index (χ4v) is 3.77. The van der Waals surface area contributed by atoms with E-state index in [9.17, 15) is 5.11 Å². The van der Waals surface area contributed by atoms with Gasteiger partial charge in [-0.2, -0.15) is 0 Å². The van der Waals surface area contributed by atoms with Gasteiger partial charge in [-0.15, -0.1) is 11.3 Å². The topological polar surface area (TPSA) is 20.2 Å². The highest BCUT2D eigenvalue weighted by atomic mass is 79.9. The van der Waals surface area contributed by atoms with Gasteiger partial charge in [0.2, 0.25) is 0 Å². The molecule has 0 radical (unpaired) electrons. The lowest BCUT2D eigenvalue weighted by molar-refractivity contribution is 0.221. The Morgan fingerprint density at radius 3 is 2.37 bits per heavy atom. The first-order chi connectivity index (χ1) is 8.80. The molecule has 0 bridgehead atoms. The molecule has 1 aromatic heterocycles. The number of benzene rings is 1. The van der Waals surface area contributed by atoms with Crippen molar-refractivity contribution < 1.29 is 5.11 Å². The van der Waals surface area contributed by atoms with Crippen molar-refractivity contribution in [1.29, 1.82) is 0 Å². The molecule has 102 valence electrons. The maximum absolute atomic E-state index is 10.7. The average molecular weight is 339 g/mol. The molecule has 3 heteroatoms. The number of hydrogen-bond donors (Lipinski definition) is 1. The van der Waals surface area contributed by atoms with E-state index < -0.39 is 6.10 Å². The Kier molecular flexibility index (Phi) is 4.19. The molecule has 1 N–H and O–H groups in total. The first-order valence-electron chi connectivity index (χ1n) is 6.34. The highest BCUT2D eigenvalue weighted by molar-refractivity contribution is 9.11. The summed E-state index contributed by atoms with van der Waals surface area (Å²) in [5, 5.41) is 10.7. The van der Waals surface area contributed by atoms with Gasteiger partial charge in [0.1, 0.15) is 6.10 Å². The van der Waals surface area contributed by atoms with Crippen LogP contribution in [0.4, 0.5) is 0 Å². The zero-order valence-electron chi connectivity index (χ0n) is 11.7. The Morgan fingerprint density at radius 2 is 1.84 bits per heavy atom. The Morgan fingerprint density at radius 1 is 1.21 bits per heavy atom. The maximum Gasteiger partial charge on any atom is 0.114 e. The molecule has 0 saturated heterocycles. The van der Waals surface area contributed by atoms with E-state index >= 15 is 0 Å². The van der Waals surface area contributed by atoms with Gasteiger partial charge in [0.25, 0.3) is 0 Å². The van der Waals surface area contributed by atoms with Gasteiger partial charge in [-0.25, -0.2) is 0 Å². The second-order valence-electron chi connectivity index (χ2n) is 5.85. The molecular weight excluding hydrogens is 320 g/mol. The van der Waals surface area contributed by atoms with Crippen LogP contribution in [0, 0.1) is 6.92 Å². The van der Waals surface area contributed by atoms with Crippen molar-refractivity contribution in [1.82, 2.24) is 0 Å². The van der Waals surface area contributed by atoms with Crippen LogP contribution < -0.4 is 0 Å². The van der Waals surface area contributed by atoms with Gasteiger partial charge < -0.3 is 5.11 Å². The standard InChI is InChI=1S/C16H19BrOS/c1-10-9-13(19-15(10)17)14(18)11-7-5-6-8-12(11)16(2,3)4/h5-9,14,18H,1-4H3. The second kappa shape index (κ2) is 5.39. The van der Waals surface area contributed by atoms with E-state index in [-0.39, 0.29) is 5.41 Å². The summed E-state index contributed by atoms with van der Waals surface area (Å²) in [5.74, 6) is 0. The van der Waals surface area contributed by atoms with Gasteiger partial charge >= 0.3 is 0 Å². The summed E-state index contributed by atoms with van der Waals surface area (Å²) in [4.78, 5) is 0.987. The molecule has 1 atom stereocenters. The normalized spacial score (nSPS) is 13.6. The Balaban J connectivity index is 2.47. The SMILES string of the molecule is Cc1cc(C(O)c2ccccc2C(C)(C)C)sc1Br. The van der Waals surface area contributed by atoms with Gasteiger partial charge in [0, 0.05) is 4.88 Å². The van der Waals surface area contributed by atoms with Gasteiger partial charge in [0.15, 0.2) is 0 Å². The van der Waals surface area contributed by atoms with Crippen LogP contribution in [0.2, 0.25) is 0 Å². The number of aliphatic hydroxyl groups is 1. The summed E-state index contributed by atoms with van der Waals surface area (Å²) < 4.78 is 1.09. The molecule has 0 aliphatic heterocycles. The first-order valence-corrected chi connectivity index (χ1v) is 7.95. The summed E-state index contributed by atoms with van der Waals surface area (Å²) in [6.07, 6.45) is -0.551. The third-order valence-corrected chi connectivity index (χ3v) is 5.40. The molecule has 19 heavy (non-hydrogen) atoms. The fourth-order valence-electron chi connectivity index (χ4n) is 2.19. The van der Waals surface area contributed by atoms with Crippen molar-refractivity contribution in [3.63, 3.8) is 0 Å². The molecule has 0 spiro atoms. The minimum Gasteiger partial charge on any atom is -0.383 e. The molecule has 1 heterocycles. The summed E-state index contributed by atoms with van der Waals surface area (Å²) in [6, 6.07) is 10.2. The van der Waals surface area contributed by atoms with Crippen molar-refractivity contribution in [3.05, 3.63) is 55.7 Å². The van der Waals surface area contributed by atoms with E-state index in [1.54, 1.807) is 11.3 Å². The number of hydrogen-bond acceptors (Lipinski definition) is 2. The monoisotopic (exact) mass is 338 g/mol. The average Bonchev–Trinajstić information content (AvgIpc) is 2.68. The van der Waals surface area contributed by atoms with E-state index in [0.717, 1.165) is 14.2 Å². The van der Waals surface area contributed by atoms with Crippen LogP contribution in [0.3, 0.4) is 0 Å². The van der Waals surface area contributed by atoms with Crippen LogP contribution in [0.15, 0.2) is 34.1 Å². The van der Waals surface area contributed by atoms with Gasteiger partial charge in [-0.3, -0.25) is 0 Å². The Hall–Kier alpha value is -0.640. The fraction of sp³-hybridized carbons (Fsp3) is 0.375. The van der Waals surface area contributed by atoms with E-state index in [2.05, 4.69) is 48.8 Å². The Bertz CT molecular complexity index is 561. The van der Waals surface area contributed by atoms with Crippen LogP contribution >= 0.6 is 27.3 Å². The van der Waals surface area contributed by atoms with Crippen molar-refractivity contribution >= 4 is 27.3 Å². The van der Waals surface area contributed by atoms with E-state index in [1.165, 1.54) is 11.1 Å². The third-order valence-electron chi connectivity index (χ3n) is 3.21. The van der Waals surface area contributed by atoms with Crippen molar-refractivity contribution in [2.24, 2.45) is 0 Å². The van der Waals surface area contributed by atoms with Crippen molar-refractivity contribution in [2.45, 2.75) is 39.2 Å². The third kappa shape index (κ3) is 3.10. The van der Waals surface area contributed by atoms with Gasteiger partial charge in [0.05, 0.1) is 3.79 Å². The summed E-state index contributed by atoms with van der Waals surface area (Å²) in [5.41, 5.74) is 3.40. The summed E-state index contributed by atoms with van der Waals surface area (Å²) in [6.45, 7) is 8.57. The number of thiophene rings is 1. The van der Waals surface area contributed by atoms with Gasteiger partial charge in [-0.05, 0) is 51.0 Å². The Labute approximate surface area is 127 Å². The highest BCUT2D eigenvalue weighted by Gasteiger charge is 2.23. The second-order valence-corrected chi connectivity index (χ2v) is 8.25. The van der Waals surface area contributed by atoms with Gasteiger partial charge in [-0.1, -0.05) is 45.0 Å². The zero-order valence-corrected chi connectivity index (χ0v) is 14.1. The van der Waals surface area contributed by atoms with Crippen molar-refractivity contribution in [3.8, 4) is 0 Å². The number of aryl methyl sites for hydroxylation is 1. The van der Waals surface area contributed by atoms with Crippen LogP contribution in [-0.4, -0.2) is 5.11 Å². The molecule has 2 rings (SSSR count). The first kappa shape index (κ1) is 14.8.